The largest absolute Gasteiger partial charge is 0.497 e. The van der Waals surface area contributed by atoms with E-state index in [4.69, 9.17) is 4.74 Å². The van der Waals surface area contributed by atoms with Gasteiger partial charge >= 0.3 is 0 Å². The Morgan fingerprint density at radius 1 is 1.25 bits per heavy atom. The summed E-state index contributed by atoms with van der Waals surface area (Å²) >= 11 is 1.55. The fraction of sp³-hybridized carbons (Fsp3) is 0.200. The summed E-state index contributed by atoms with van der Waals surface area (Å²) in [5, 5.41) is 9.23. The molecule has 0 saturated carbocycles. The maximum Gasteiger partial charge on any atom is 0.252 e. The fourth-order valence-electron chi connectivity index (χ4n) is 2.82. The van der Waals surface area contributed by atoms with Crippen LogP contribution in [0.3, 0.4) is 0 Å². The van der Waals surface area contributed by atoms with E-state index < -0.39 is 0 Å². The first-order valence-corrected chi connectivity index (χ1v) is 9.64. The lowest BCUT2D eigenvalue weighted by molar-refractivity contribution is 0.0938. The van der Waals surface area contributed by atoms with E-state index in [1.54, 1.807) is 29.3 Å². The van der Waals surface area contributed by atoms with Crippen LogP contribution in [0.25, 0.3) is 16.9 Å². The van der Waals surface area contributed by atoms with Crippen LogP contribution in [0.15, 0.2) is 48.1 Å². The summed E-state index contributed by atoms with van der Waals surface area (Å²) in [6.07, 6.45) is 1.63. The number of benzene rings is 1. The number of fused-ring (bicyclic) bond motifs is 1. The van der Waals surface area contributed by atoms with Crippen LogP contribution in [-0.2, 0) is 0 Å². The highest BCUT2D eigenvalue weighted by atomic mass is 32.1. The third-order valence-electron chi connectivity index (χ3n) is 4.36. The number of carbonyl (C=O) groups excluding carboxylic acids is 1. The first-order chi connectivity index (χ1) is 13.5. The van der Waals surface area contributed by atoms with E-state index in [0.29, 0.717) is 17.0 Å². The first-order valence-electron chi connectivity index (χ1n) is 8.76. The highest BCUT2D eigenvalue weighted by molar-refractivity contribution is 7.10. The molecular weight excluding hydrogens is 374 g/mol. The number of ether oxygens (including phenoxy) is 1. The molecule has 3 heterocycles. The van der Waals surface area contributed by atoms with Gasteiger partial charge < -0.3 is 10.1 Å². The number of nitrogens with zero attached hydrogens (tertiary/aromatic N) is 4. The molecule has 1 atom stereocenters. The second kappa shape index (κ2) is 7.40. The second-order valence-electron chi connectivity index (χ2n) is 6.42. The topological polar surface area (TPSA) is 81.4 Å². The zero-order valence-electron chi connectivity index (χ0n) is 15.7. The Labute approximate surface area is 166 Å². The Morgan fingerprint density at radius 3 is 2.71 bits per heavy atom. The molecule has 1 amide bonds. The van der Waals surface area contributed by atoms with Gasteiger partial charge in [0.05, 0.1) is 24.4 Å². The number of aryl methyl sites for hydroxylation is 1. The molecular formula is C20H19N5O2S. The van der Waals surface area contributed by atoms with Gasteiger partial charge in [-0.15, -0.1) is 16.4 Å². The van der Waals surface area contributed by atoms with Crippen LogP contribution in [-0.4, -0.2) is 32.6 Å². The van der Waals surface area contributed by atoms with Crippen molar-refractivity contribution in [1.82, 2.24) is 24.9 Å². The Morgan fingerprint density at radius 2 is 2.04 bits per heavy atom. The van der Waals surface area contributed by atoms with Crippen LogP contribution < -0.4 is 10.1 Å². The maximum absolute atomic E-state index is 12.4. The van der Waals surface area contributed by atoms with Crippen LogP contribution in [0.1, 0.15) is 34.0 Å². The lowest BCUT2D eigenvalue weighted by atomic mass is 10.1. The zero-order valence-corrected chi connectivity index (χ0v) is 16.5. The number of thiophene rings is 1. The number of nitrogens with one attached hydrogen (secondary N) is 1. The summed E-state index contributed by atoms with van der Waals surface area (Å²) in [5.41, 5.74) is 3.08. The van der Waals surface area contributed by atoms with Crippen molar-refractivity contribution in [3.05, 3.63) is 64.4 Å². The molecule has 142 valence electrons. The van der Waals surface area contributed by atoms with Crippen molar-refractivity contribution in [2.75, 3.05) is 7.11 Å². The van der Waals surface area contributed by atoms with Crippen molar-refractivity contribution in [3.8, 4) is 17.0 Å². The average Bonchev–Trinajstić information content (AvgIpc) is 3.33. The van der Waals surface area contributed by atoms with Gasteiger partial charge in [0.2, 0.25) is 0 Å². The molecule has 3 aromatic heterocycles. The summed E-state index contributed by atoms with van der Waals surface area (Å²) in [6, 6.07) is 11.1. The smallest absolute Gasteiger partial charge is 0.252 e. The zero-order chi connectivity index (χ0) is 19.7. The molecule has 1 N–H and O–H groups in total. The molecule has 7 nitrogen and oxygen atoms in total. The van der Waals surface area contributed by atoms with Crippen molar-refractivity contribution >= 4 is 22.9 Å². The number of carbonyl (C=O) groups is 1. The summed E-state index contributed by atoms with van der Waals surface area (Å²) < 4.78 is 6.80. The number of hydrogen-bond acceptors (Lipinski definition) is 6. The van der Waals surface area contributed by atoms with E-state index in [1.165, 1.54) is 0 Å². The second-order valence-corrected chi connectivity index (χ2v) is 7.53. The molecule has 8 heteroatoms. The molecule has 0 radical (unpaired) electrons. The Kier molecular flexibility index (Phi) is 4.79. The lowest BCUT2D eigenvalue weighted by Crippen LogP contribution is -2.27. The van der Waals surface area contributed by atoms with Gasteiger partial charge in [0.1, 0.15) is 12.1 Å². The van der Waals surface area contributed by atoms with Gasteiger partial charge in [-0.2, -0.15) is 0 Å². The predicted octanol–water partition coefficient (Wildman–Crippen LogP) is 3.66. The molecule has 0 unspecified atom stereocenters. The summed E-state index contributed by atoms with van der Waals surface area (Å²) in [4.78, 5) is 22.5. The van der Waals surface area contributed by atoms with Crippen molar-refractivity contribution in [3.63, 3.8) is 0 Å². The molecule has 0 spiro atoms. The Balaban J connectivity index is 1.56. The standard InChI is InChI=1S/C20H19N5O2S/c1-12-8-15(10-28-12)20(26)22-13(2)19-23-18-9-17(21-11-25(18)24-19)14-4-6-16(27-3)7-5-14/h4-11,13H,1-3H3,(H,22,26)/t13-/m1/s1. The first kappa shape index (κ1) is 18.1. The van der Waals surface area contributed by atoms with Crippen molar-refractivity contribution < 1.29 is 9.53 Å². The highest BCUT2D eigenvalue weighted by Gasteiger charge is 2.17. The SMILES string of the molecule is COc1ccc(-c2cc3nc([C@@H](C)NC(=O)c4csc(C)c4)nn3cn2)cc1. The van der Waals surface area contributed by atoms with Gasteiger partial charge in [-0.1, -0.05) is 0 Å². The molecule has 4 rings (SSSR count). The molecule has 1 aromatic carbocycles. The third kappa shape index (κ3) is 3.59. The average molecular weight is 393 g/mol. The van der Waals surface area contributed by atoms with Crippen LogP contribution in [0.2, 0.25) is 0 Å². The van der Waals surface area contributed by atoms with Gasteiger partial charge in [0.15, 0.2) is 11.5 Å². The van der Waals surface area contributed by atoms with Gasteiger partial charge in [-0.25, -0.2) is 14.5 Å². The molecule has 0 bridgehead atoms. The number of amides is 1. The van der Waals surface area contributed by atoms with E-state index in [9.17, 15) is 4.79 Å². The monoisotopic (exact) mass is 393 g/mol. The lowest BCUT2D eigenvalue weighted by Gasteiger charge is -2.09. The van der Waals surface area contributed by atoms with Gasteiger partial charge in [0.25, 0.3) is 5.91 Å². The van der Waals surface area contributed by atoms with E-state index in [0.717, 1.165) is 21.9 Å². The highest BCUT2D eigenvalue weighted by Crippen LogP contribution is 2.22. The fourth-order valence-corrected chi connectivity index (χ4v) is 3.51. The molecule has 0 aliphatic rings. The summed E-state index contributed by atoms with van der Waals surface area (Å²) in [6.45, 7) is 3.84. The number of aromatic nitrogens is 4. The number of hydrogen-bond donors (Lipinski definition) is 1. The molecule has 4 aromatic rings. The third-order valence-corrected chi connectivity index (χ3v) is 5.22. The van der Waals surface area contributed by atoms with Crippen LogP contribution in [0.4, 0.5) is 0 Å². The van der Waals surface area contributed by atoms with Crippen molar-refractivity contribution in [1.29, 1.82) is 0 Å². The molecule has 0 fully saturated rings. The molecule has 0 aliphatic carbocycles. The van der Waals surface area contributed by atoms with Crippen molar-refractivity contribution in [2.45, 2.75) is 19.9 Å². The van der Waals surface area contributed by atoms with E-state index >= 15 is 0 Å². The Hall–Kier alpha value is -3.26. The summed E-state index contributed by atoms with van der Waals surface area (Å²) in [7, 11) is 1.64. The van der Waals surface area contributed by atoms with Crippen LogP contribution in [0, 0.1) is 6.92 Å². The molecule has 0 aliphatic heterocycles. The normalized spacial score (nSPS) is 12.1. The van der Waals surface area contributed by atoms with Crippen molar-refractivity contribution in [2.24, 2.45) is 0 Å². The maximum atomic E-state index is 12.4. The predicted molar refractivity (Wildman–Crippen MR) is 108 cm³/mol. The van der Waals surface area contributed by atoms with Crippen LogP contribution >= 0.6 is 11.3 Å². The van der Waals surface area contributed by atoms with E-state index in [2.05, 4.69) is 20.4 Å². The van der Waals surface area contributed by atoms with Gasteiger partial charge in [-0.3, -0.25) is 4.79 Å². The quantitative estimate of drug-likeness (QED) is 0.560. The van der Waals surface area contributed by atoms with Crippen LogP contribution in [0.5, 0.6) is 5.75 Å². The van der Waals surface area contributed by atoms with Gasteiger partial charge in [-0.05, 0) is 44.2 Å². The molecule has 28 heavy (non-hydrogen) atoms. The number of methoxy groups -OCH3 is 1. The molecule has 0 saturated heterocycles. The van der Waals surface area contributed by atoms with E-state index in [-0.39, 0.29) is 11.9 Å². The minimum absolute atomic E-state index is 0.132. The minimum Gasteiger partial charge on any atom is -0.497 e. The summed E-state index contributed by atoms with van der Waals surface area (Å²) in [5.74, 6) is 1.20. The Bertz CT molecular complexity index is 1130. The van der Waals surface area contributed by atoms with E-state index in [1.807, 2.05) is 55.6 Å². The number of rotatable bonds is 5. The minimum atomic E-state index is -0.322. The van der Waals surface area contributed by atoms with Gasteiger partial charge in [0, 0.05) is 21.9 Å².